The van der Waals surface area contributed by atoms with Gasteiger partial charge in [-0.15, -0.1) is 0 Å². The predicted molar refractivity (Wildman–Crippen MR) is 71.0 cm³/mol. The second kappa shape index (κ2) is 7.59. The molecule has 0 bridgehead atoms. The Morgan fingerprint density at radius 1 is 0.680 bits per heavy atom. The zero-order chi connectivity index (χ0) is 19.5. The van der Waals surface area contributed by atoms with Gasteiger partial charge in [-0.2, -0.15) is 0 Å². The van der Waals surface area contributed by atoms with Gasteiger partial charge in [0.2, 0.25) is 5.82 Å². The molecule has 1 aromatic carbocycles. The molecule has 0 aliphatic rings. The third-order valence-electron chi connectivity index (χ3n) is 2.59. The van der Waals surface area contributed by atoms with Crippen LogP contribution in [-0.2, 0) is 33.7 Å². The van der Waals surface area contributed by atoms with Crippen molar-refractivity contribution < 1.29 is 49.6 Å². The summed E-state index contributed by atoms with van der Waals surface area (Å²) in [6.45, 7) is 2.40. The van der Waals surface area contributed by atoms with E-state index in [1.807, 2.05) is 0 Å². The Labute approximate surface area is 138 Å². The molecule has 12 heteroatoms. The van der Waals surface area contributed by atoms with Gasteiger partial charge in [0.15, 0.2) is 23.3 Å². The molecule has 1 rings (SSSR count). The molecule has 0 aliphatic carbocycles. The van der Waals surface area contributed by atoms with E-state index >= 15 is 0 Å². The number of hydrogen-bond donors (Lipinski definition) is 0. The van der Waals surface area contributed by atoms with Crippen molar-refractivity contribution in [2.45, 2.75) is 26.8 Å². The van der Waals surface area contributed by atoms with Crippen LogP contribution in [0.4, 0.5) is 22.0 Å². The molecule has 0 saturated heterocycles. The van der Waals surface area contributed by atoms with Gasteiger partial charge in [-0.1, -0.05) is 0 Å². The monoisotopic (exact) mass is 386 g/mol. The third kappa shape index (κ3) is 4.75. The number of carbonyl (C=O) groups excluding carboxylic acids is 3. The van der Waals surface area contributed by atoms with Crippen LogP contribution in [0.15, 0.2) is 0 Å². The van der Waals surface area contributed by atoms with Crippen molar-refractivity contribution in [3.05, 3.63) is 34.6 Å². The summed E-state index contributed by atoms with van der Waals surface area (Å²) in [4.78, 5) is 33.6. The van der Waals surface area contributed by atoms with Crippen molar-refractivity contribution in [2.24, 2.45) is 0 Å². The topological polar surface area (TPSA) is 78.9 Å². The molecular weight excluding hydrogens is 375 g/mol. The van der Waals surface area contributed by atoms with Crippen LogP contribution in [0.5, 0.6) is 0 Å². The van der Waals surface area contributed by atoms with E-state index < -0.39 is 67.4 Å². The van der Waals surface area contributed by atoms with E-state index in [0.29, 0.717) is 0 Å². The molecule has 25 heavy (non-hydrogen) atoms. The smallest absolute Gasteiger partial charge is 0.455 e. The van der Waals surface area contributed by atoms with E-state index in [9.17, 15) is 36.3 Å². The lowest BCUT2D eigenvalue weighted by molar-refractivity contribution is -0.147. The number of halogens is 5. The molecule has 0 amide bonds. The Bertz CT molecular complexity index is 668. The standard InChI is InChI=1S/C13H11F5O6Si/c1-5(19)22-25(23-6(2)20,24-7(3)21)4-8-9(14)11(16)13(18)12(17)10(8)15/h4H2,1-3H3. The highest BCUT2D eigenvalue weighted by molar-refractivity contribution is 6.65. The van der Waals surface area contributed by atoms with Crippen LogP contribution in [0.1, 0.15) is 26.3 Å². The summed E-state index contributed by atoms with van der Waals surface area (Å²) in [6.07, 6.45) is 0. The highest BCUT2D eigenvalue weighted by Gasteiger charge is 2.54. The normalized spacial score (nSPS) is 11.0. The van der Waals surface area contributed by atoms with Crippen LogP contribution in [-0.4, -0.2) is 26.7 Å². The lowest BCUT2D eigenvalue weighted by Crippen LogP contribution is -2.52. The molecule has 0 N–H and O–H groups in total. The molecule has 0 radical (unpaired) electrons. The van der Waals surface area contributed by atoms with Crippen molar-refractivity contribution >= 4 is 26.7 Å². The van der Waals surface area contributed by atoms with Gasteiger partial charge in [-0.05, 0) is 0 Å². The van der Waals surface area contributed by atoms with Crippen LogP contribution in [0.25, 0.3) is 0 Å². The Morgan fingerprint density at radius 3 is 1.24 bits per heavy atom. The average Bonchev–Trinajstić information content (AvgIpc) is 2.45. The minimum Gasteiger partial charge on any atom is -0.455 e. The summed E-state index contributed by atoms with van der Waals surface area (Å²) < 4.78 is 81.2. The lowest BCUT2D eigenvalue weighted by Gasteiger charge is -2.26. The molecule has 1 aromatic rings. The fourth-order valence-electron chi connectivity index (χ4n) is 1.85. The maximum atomic E-state index is 13.8. The Morgan fingerprint density at radius 2 is 0.960 bits per heavy atom. The van der Waals surface area contributed by atoms with E-state index in [1.165, 1.54) is 0 Å². The summed E-state index contributed by atoms with van der Waals surface area (Å²) in [5.41, 5.74) is -1.45. The van der Waals surface area contributed by atoms with Gasteiger partial charge < -0.3 is 13.3 Å². The summed E-state index contributed by atoms with van der Waals surface area (Å²) in [7, 11) is -4.84. The van der Waals surface area contributed by atoms with E-state index in [2.05, 4.69) is 13.3 Å². The molecule has 6 nitrogen and oxygen atoms in total. The fraction of sp³-hybridized carbons (Fsp3) is 0.308. The molecule has 0 unspecified atom stereocenters. The van der Waals surface area contributed by atoms with Gasteiger partial charge in [0.1, 0.15) is 0 Å². The van der Waals surface area contributed by atoms with Crippen LogP contribution >= 0.6 is 0 Å². The van der Waals surface area contributed by atoms with Crippen LogP contribution < -0.4 is 0 Å². The first-order chi connectivity index (χ1) is 11.4. The van der Waals surface area contributed by atoms with Crippen LogP contribution in [0, 0.1) is 29.1 Å². The second-order valence-electron chi connectivity index (χ2n) is 4.69. The van der Waals surface area contributed by atoms with Crippen molar-refractivity contribution in [3.63, 3.8) is 0 Å². The van der Waals surface area contributed by atoms with Gasteiger partial charge in [0, 0.05) is 26.3 Å². The molecule has 0 heterocycles. The third-order valence-corrected chi connectivity index (χ3v) is 5.17. The van der Waals surface area contributed by atoms with E-state index in [0.717, 1.165) is 20.8 Å². The number of rotatable bonds is 5. The summed E-state index contributed by atoms with van der Waals surface area (Å²) >= 11 is 0. The Kier molecular flexibility index (Phi) is 6.24. The Balaban J connectivity index is 3.55. The zero-order valence-corrected chi connectivity index (χ0v) is 14.0. The highest BCUT2D eigenvalue weighted by atomic mass is 28.4. The lowest BCUT2D eigenvalue weighted by atomic mass is 10.2. The summed E-state index contributed by atoms with van der Waals surface area (Å²) in [5, 5.41) is 0. The molecule has 0 spiro atoms. The summed E-state index contributed by atoms with van der Waals surface area (Å²) in [6, 6.07) is -1.34. The minimum absolute atomic E-state index is 0.799. The number of carbonyl (C=O) groups is 3. The van der Waals surface area contributed by atoms with Crippen molar-refractivity contribution in [1.29, 1.82) is 0 Å². The van der Waals surface area contributed by atoms with Crippen molar-refractivity contribution in [1.82, 2.24) is 0 Å². The molecule has 0 fully saturated rings. The quantitative estimate of drug-likeness (QED) is 0.334. The second-order valence-corrected chi connectivity index (χ2v) is 7.02. The first-order valence-electron chi connectivity index (χ1n) is 6.49. The van der Waals surface area contributed by atoms with E-state index in [1.54, 1.807) is 0 Å². The minimum atomic E-state index is -4.84. The van der Waals surface area contributed by atoms with Crippen LogP contribution in [0.3, 0.4) is 0 Å². The maximum Gasteiger partial charge on any atom is 0.710 e. The maximum absolute atomic E-state index is 13.8. The molecule has 138 valence electrons. The number of hydrogen-bond acceptors (Lipinski definition) is 6. The van der Waals surface area contributed by atoms with Crippen molar-refractivity contribution in [2.75, 3.05) is 0 Å². The molecular formula is C13H11F5O6Si. The summed E-state index contributed by atoms with van der Waals surface area (Å²) in [5.74, 6) is -14.9. The SMILES string of the molecule is CC(=O)O[Si](Cc1c(F)c(F)c(F)c(F)c1F)(OC(C)=O)OC(C)=O. The number of benzene rings is 1. The largest absolute Gasteiger partial charge is 0.710 e. The average molecular weight is 386 g/mol. The first kappa shape index (κ1) is 20.5. The molecule has 0 aliphatic heterocycles. The van der Waals surface area contributed by atoms with Gasteiger partial charge in [-0.3, -0.25) is 14.4 Å². The van der Waals surface area contributed by atoms with E-state index in [-0.39, 0.29) is 0 Å². The first-order valence-corrected chi connectivity index (χ1v) is 8.42. The molecule has 0 saturated carbocycles. The van der Waals surface area contributed by atoms with Gasteiger partial charge in [0.25, 0.3) is 17.9 Å². The van der Waals surface area contributed by atoms with Gasteiger partial charge in [0.05, 0.1) is 6.04 Å². The van der Waals surface area contributed by atoms with Crippen LogP contribution in [0.2, 0.25) is 0 Å². The fourth-order valence-corrected chi connectivity index (χ4v) is 4.25. The zero-order valence-electron chi connectivity index (χ0n) is 13.0. The predicted octanol–water partition coefficient (Wildman–Crippen LogP) is 2.09. The van der Waals surface area contributed by atoms with Gasteiger partial charge >= 0.3 is 8.80 Å². The molecule has 0 atom stereocenters. The van der Waals surface area contributed by atoms with Crippen molar-refractivity contribution in [3.8, 4) is 0 Å². The highest BCUT2D eigenvalue weighted by Crippen LogP contribution is 2.27. The van der Waals surface area contributed by atoms with E-state index in [4.69, 9.17) is 0 Å². The van der Waals surface area contributed by atoms with Gasteiger partial charge in [-0.25, -0.2) is 22.0 Å². The molecule has 0 aromatic heterocycles. The Hall–Kier alpha value is -2.50.